The summed E-state index contributed by atoms with van der Waals surface area (Å²) >= 11 is 0. The van der Waals surface area contributed by atoms with E-state index in [4.69, 9.17) is 5.14 Å². The van der Waals surface area contributed by atoms with Gasteiger partial charge in [0.25, 0.3) is 9.64 Å². The molecule has 0 amide bonds. The molecule has 0 aromatic heterocycles. The van der Waals surface area contributed by atoms with Crippen molar-refractivity contribution in [3.05, 3.63) is 91.0 Å². The van der Waals surface area contributed by atoms with E-state index in [9.17, 15) is 13.0 Å². The number of rotatable bonds is 3. The third-order valence-electron chi connectivity index (χ3n) is 3.15. The number of nitrogens with two attached hydrogens (primary N) is 1. The van der Waals surface area contributed by atoms with Crippen LogP contribution in [0.2, 0.25) is 0 Å². The molecule has 0 bridgehead atoms. The van der Waals surface area contributed by atoms with Gasteiger partial charge in [0.2, 0.25) is 7.00 Å². The first-order valence-corrected chi connectivity index (χ1v) is 10.9. The maximum atomic E-state index is 11.1. The lowest BCUT2D eigenvalue weighted by Crippen LogP contribution is -2.11. The molecule has 6 heteroatoms. The van der Waals surface area contributed by atoms with E-state index in [-0.39, 0.29) is 5.30 Å². The zero-order valence-electron chi connectivity index (χ0n) is 12.9. The Kier molecular flexibility index (Phi) is 6.50. The van der Waals surface area contributed by atoms with Crippen LogP contribution in [0, 0.1) is 0 Å². The van der Waals surface area contributed by atoms with Gasteiger partial charge in [-0.15, -0.1) is 0 Å². The van der Waals surface area contributed by atoms with E-state index in [0.29, 0.717) is 0 Å². The molecule has 3 aromatic rings. The standard InChI is InChI=1S/C12H10.C6H8NO3PS/c1-3-7-11(8-4-1)12-9-5-2-6-10-12;7-12(9,10)11(8)6-4-2-1-3-5-6/h1-10H;1-5,11H,(H2,7,9,10). The molecule has 3 rings (SSSR count). The highest BCUT2D eigenvalue weighted by atomic mass is 32.8. The van der Waals surface area contributed by atoms with E-state index in [1.165, 1.54) is 23.3 Å². The van der Waals surface area contributed by atoms with Crippen molar-refractivity contribution in [2.45, 2.75) is 0 Å². The van der Waals surface area contributed by atoms with Crippen molar-refractivity contribution in [2.75, 3.05) is 0 Å². The molecular formula is C18H18NO3PS. The highest BCUT2D eigenvalue weighted by molar-refractivity contribution is 8.46. The molecule has 2 N–H and O–H groups in total. The smallest absolute Gasteiger partial charge is 0.261 e. The van der Waals surface area contributed by atoms with Crippen LogP contribution in [0.15, 0.2) is 91.0 Å². The maximum absolute atomic E-state index is 11.1. The fourth-order valence-electron chi connectivity index (χ4n) is 2.00. The average Bonchev–Trinajstić information content (AvgIpc) is 2.63. The molecule has 4 nitrogen and oxygen atoms in total. The number of hydrogen-bond acceptors (Lipinski definition) is 3. The quantitative estimate of drug-likeness (QED) is 0.728. The van der Waals surface area contributed by atoms with Crippen molar-refractivity contribution in [2.24, 2.45) is 5.14 Å². The predicted molar refractivity (Wildman–Crippen MR) is 100 cm³/mol. The molecule has 0 heterocycles. The summed E-state index contributed by atoms with van der Waals surface area (Å²) in [4.78, 5) is 0. The normalized spacial score (nSPS) is 11.9. The summed E-state index contributed by atoms with van der Waals surface area (Å²) in [6, 6.07) is 28.7. The first-order chi connectivity index (χ1) is 11.5. The second kappa shape index (κ2) is 8.60. The van der Waals surface area contributed by atoms with Gasteiger partial charge in [-0.05, 0) is 11.1 Å². The van der Waals surface area contributed by atoms with Crippen molar-refractivity contribution in [1.82, 2.24) is 0 Å². The lowest BCUT2D eigenvalue weighted by atomic mass is 10.1. The van der Waals surface area contributed by atoms with Gasteiger partial charge in [0.1, 0.15) is 0 Å². The molecule has 0 aliphatic heterocycles. The Morgan fingerprint density at radius 2 is 0.958 bits per heavy atom. The number of benzene rings is 3. The molecule has 0 radical (unpaired) electrons. The second-order valence-corrected chi connectivity index (χ2v) is 9.99. The molecular weight excluding hydrogens is 341 g/mol. The third kappa shape index (κ3) is 5.46. The van der Waals surface area contributed by atoms with Crippen molar-refractivity contribution in [1.29, 1.82) is 0 Å². The fourth-order valence-corrected chi connectivity index (χ4v) is 4.19. The molecule has 24 heavy (non-hydrogen) atoms. The van der Waals surface area contributed by atoms with Gasteiger partial charge in [-0.25, -0.2) is 13.6 Å². The van der Waals surface area contributed by atoms with Crippen molar-refractivity contribution < 1.29 is 13.0 Å². The van der Waals surface area contributed by atoms with Gasteiger partial charge in [-0.2, -0.15) is 0 Å². The van der Waals surface area contributed by atoms with Crippen LogP contribution < -0.4 is 10.4 Å². The Bertz CT molecular complexity index is 846. The summed E-state index contributed by atoms with van der Waals surface area (Å²) in [6.45, 7) is 0. The van der Waals surface area contributed by atoms with Crippen LogP contribution in [0.1, 0.15) is 0 Å². The largest absolute Gasteiger partial charge is 0.304 e. The van der Waals surface area contributed by atoms with Crippen LogP contribution >= 0.6 is 7.00 Å². The SMILES string of the molecule is NS(=O)(=O)[PH](=O)c1ccccc1.c1ccc(-c2ccccc2)cc1. The van der Waals surface area contributed by atoms with Crippen LogP contribution in [-0.2, 0) is 14.2 Å². The number of hydrogen-bond donors (Lipinski definition) is 1. The van der Waals surface area contributed by atoms with Gasteiger partial charge in [-0.1, -0.05) is 91.0 Å². The lowest BCUT2D eigenvalue weighted by molar-refractivity contribution is 0.585. The Morgan fingerprint density at radius 1 is 0.625 bits per heavy atom. The molecule has 1 unspecified atom stereocenters. The van der Waals surface area contributed by atoms with E-state index >= 15 is 0 Å². The Labute approximate surface area is 142 Å². The summed E-state index contributed by atoms with van der Waals surface area (Å²) in [6.07, 6.45) is 0. The first-order valence-electron chi connectivity index (χ1n) is 7.21. The lowest BCUT2D eigenvalue weighted by Gasteiger charge is -1.98. The van der Waals surface area contributed by atoms with Gasteiger partial charge >= 0.3 is 0 Å². The zero-order chi connectivity index (χ0) is 17.4. The summed E-state index contributed by atoms with van der Waals surface area (Å²) in [5.74, 6) is 0. The molecule has 124 valence electrons. The summed E-state index contributed by atoms with van der Waals surface area (Å²) in [5, 5.41) is 4.98. The highest BCUT2D eigenvalue weighted by Crippen LogP contribution is 2.24. The van der Waals surface area contributed by atoms with E-state index in [1.54, 1.807) is 18.2 Å². The molecule has 0 saturated carbocycles. The molecule has 0 fully saturated rings. The van der Waals surface area contributed by atoms with Crippen LogP contribution in [0.25, 0.3) is 11.1 Å². The Hall–Kier alpha value is -2.20. The maximum Gasteiger partial charge on any atom is 0.261 e. The van der Waals surface area contributed by atoms with Crippen molar-refractivity contribution >= 4 is 22.0 Å². The Morgan fingerprint density at radius 3 is 1.29 bits per heavy atom. The minimum absolute atomic E-state index is 0.269. The van der Waals surface area contributed by atoms with Gasteiger partial charge < -0.3 is 4.57 Å². The van der Waals surface area contributed by atoms with E-state index < -0.39 is 16.6 Å². The molecule has 0 aliphatic rings. The van der Waals surface area contributed by atoms with Crippen molar-refractivity contribution in [3.8, 4) is 11.1 Å². The molecule has 0 aliphatic carbocycles. The highest BCUT2D eigenvalue weighted by Gasteiger charge is 2.14. The van der Waals surface area contributed by atoms with Crippen LogP contribution in [-0.4, -0.2) is 8.42 Å². The summed E-state index contributed by atoms with van der Waals surface area (Å²) < 4.78 is 32.4. The third-order valence-corrected chi connectivity index (χ3v) is 6.73. The second-order valence-electron chi connectivity index (χ2n) is 4.93. The molecule has 0 spiro atoms. The molecule has 3 aromatic carbocycles. The van der Waals surface area contributed by atoms with E-state index in [0.717, 1.165) is 0 Å². The van der Waals surface area contributed by atoms with E-state index in [2.05, 4.69) is 48.5 Å². The minimum Gasteiger partial charge on any atom is -0.304 e. The molecule has 1 atom stereocenters. The monoisotopic (exact) mass is 359 g/mol. The first kappa shape index (κ1) is 18.1. The van der Waals surface area contributed by atoms with Crippen LogP contribution in [0.3, 0.4) is 0 Å². The predicted octanol–water partition coefficient (Wildman–Crippen LogP) is 3.43. The minimum atomic E-state index is -3.91. The molecule has 0 saturated heterocycles. The van der Waals surface area contributed by atoms with Crippen LogP contribution in [0.5, 0.6) is 0 Å². The fraction of sp³-hybridized carbons (Fsp3) is 0. The topological polar surface area (TPSA) is 77.2 Å². The summed E-state index contributed by atoms with van der Waals surface area (Å²) in [5.41, 5.74) is 2.55. The van der Waals surface area contributed by atoms with Gasteiger partial charge in [0.05, 0.1) is 0 Å². The van der Waals surface area contributed by atoms with Gasteiger partial charge in [0.15, 0.2) is 0 Å². The van der Waals surface area contributed by atoms with Crippen LogP contribution in [0.4, 0.5) is 0 Å². The Balaban J connectivity index is 0.000000174. The zero-order valence-corrected chi connectivity index (χ0v) is 14.7. The average molecular weight is 359 g/mol. The summed E-state index contributed by atoms with van der Waals surface area (Å²) in [7, 11) is -6.79. The van der Waals surface area contributed by atoms with Crippen molar-refractivity contribution in [3.63, 3.8) is 0 Å². The van der Waals surface area contributed by atoms with E-state index in [1.807, 2.05) is 12.1 Å². The van der Waals surface area contributed by atoms with Gasteiger partial charge in [-0.3, -0.25) is 0 Å². The van der Waals surface area contributed by atoms with Gasteiger partial charge in [0, 0.05) is 5.30 Å².